The predicted molar refractivity (Wildman–Crippen MR) is 95.6 cm³/mol. The first-order valence-electron chi connectivity index (χ1n) is 8.30. The maximum atomic E-state index is 12.7. The zero-order chi connectivity index (χ0) is 16.8. The number of aryl methyl sites for hydroxylation is 1. The van der Waals surface area contributed by atoms with Crippen molar-refractivity contribution in [2.45, 2.75) is 33.0 Å². The van der Waals surface area contributed by atoms with E-state index in [9.17, 15) is 9.90 Å². The molecule has 1 aromatic carbocycles. The maximum absolute atomic E-state index is 12.7. The van der Waals surface area contributed by atoms with Crippen LogP contribution in [0.2, 0.25) is 0 Å². The van der Waals surface area contributed by atoms with E-state index >= 15 is 0 Å². The molecular weight excluding hydrogens is 322 g/mol. The van der Waals surface area contributed by atoms with Crippen molar-refractivity contribution in [2.24, 2.45) is 0 Å². The summed E-state index contributed by atoms with van der Waals surface area (Å²) in [5.41, 5.74) is 3.75. The second-order valence-corrected chi connectivity index (χ2v) is 7.54. The molecule has 0 bridgehead atoms. The number of phenols is 1. The summed E-state index contributed by atoms with van der Waals surface area (Å²) < 4.78 is 0. The molecule has 0 saturated carbocycles. The quantitative estimate of drug-likeness (QED) is 0.784. The third-order valence-electron chi connectivity index (χ3n) is 4.86. The first-order chi connectivity index (χ1) is 11.6. The molecule has 6 heteroatoms. The fourth-order valence-electron chi connectivity index (χ4n) is 3.50. The minimum atomic E-state index is -0.396. The summed E-state index contributed by atoms with van der Waals surface area (Å²) in [5.74, 6) is 0.150. The molecule has 0 spiro atoms. The molecule has 0 radical (unpaired) electrons. The largest absolute Gasteiger partial charge is 0.508 e. The molecule has 1 aromatic heterocycles. The number of benzene rings is 1. The fourth-order valence-corrected chi connectivity index (χ4v) is 4.81. The zero-order valence-corrected chi connectivity index (χ0v) is 14.7. The molecule has 2 aromatic rings. The van der Waals surface area contributed by atoms with Gasteiger partial charge in [-0.15, -0.1) is 11.3 Å². The molecule has 1 amide bonds. The Bertz CT molecular complexity index is 815. The number of rotatable bonds is 2. The van der Waals surface area contributed by atoms with Crippen LogP contribution in [0.1, 0.15) is 45.0 Å². The minimum absolute atomic E-state index is 0.0443. The van der Waals surface area contributed by atoms with E-state index in [0.717, 1.165) is 42.2 Å². The Labute approximate surface area is 145 Å². The normalized spacial score (nSPS) is 20.1. The number of amides is 1. The van der Waals surface area contributed by atoms with Crippen LogP contribution >= 0.6 is 11.3 Å². The first-order valence-corrected chi connectivity index (χ1v) is 9.12. The molecule has 2 aliphatic heterocycles. The van der Waals surface area contributed by atoms with Crippen LogP contribution in [-0.2, 0) is 13.0 Å². The van der Waals surface area contributed by atoms with Crippen molar-refractivity contribution >= 4 is 22.2 Å². The number of nitrogens with one attached hydrogen (secondary N) is 2. The number of thiophene rings is 1. The number of anilines is 1. The van der Waals surface area contributed by atoms with Crippen LogP contribution in [0.15, 0.2) is 18.2 Å². The van der Waals surface area contributed by atoms with Gasteiger partial charge in [-0.2, -0.15) is 0 Å². The molecule has 5 nitrogen and oxygen atoms in total. The number of hydrogen-bond acceptors (Lipinski definition) is 5. The third kappa shape index (κ3) is 2.46. The lowest BCUT2D eigenvalue weighted by Gasteiger charge is -2.28. The summed E-state index contributed by atoms with van der Waals surface area (Å²) in [4.78, 5) is 16.4. The molecule has 0 saturated heterocycles. The summed E-state index contributed by atoms with van der Waals surface area (Å²) >= 11 is 1.67. The van der Waals surface area contributed by atoms with E-state index < -0.39 is 6.17 Å². The average molecular weight is 343 g/mol. The van der Waals surface area contributed by atoms with Gasteiger partial charge in [0.05, 0.1) is 5.56 Å². The molecule has 4 rings (SSSR count). The van der Waals surface area contributed by atoms with E-state index in [-0.39, 0.29) is 11.7 Å². The Balaban J connectivity index is 1.70. The smallest absolute Gasteiger partial charge is 0.256 e. The highest BCUT2D eigenvalue weighted by molar-refractivity contribution is 7.16. The van der Waals surface area contributed by atoms with Crippen LogP contribution in [0.3, 0.4) is 0 Å². The van der Waals surface area contributed by atoms with E-state index in [1.807, 2.05) is 19.1 Å². The highest BCUT2D eigenvalue weighted by Crippen LogP contribution is 2.41. The standard InChI is InChI=1S/C18H21N3O2S/c1-3-21-7-6-11-14(9-21)24-18-15(11)17(23)19-16(20-18)12-8-10(2)4-5-13(12)22/h4-5,8,16,20,22H,3,6-7,9H2,1-2H3,(H,19,23)/t16-/m1/s1. The van der Waals surface area contributed by atoms with Crippen molar-refractivity contribution in [1.29, 1.82) is 0 Å². The molecule has 126 valence electrons. The first kappa shape index (κ1) is 15.5. The Morgan fingerprint density at radius 2 is 2.21 bits per heavy atom. The number of carbonyl (C=O) groups excluding carboxylic acids is 1. The molecule has 3 N–H and O–H groups in total. The van der Waals surface area contributed by atoms with Gasteiger partial charge >= 0.3 is 0 Å². The van der Waals surface area contributed by atoms with Crippen LogP contribution < -0.4 is 10.6 Å². The van der Waals surface area contributed by atoms with E-state index in [2.05, 4.69) is 22.5 Å². The zero-order valence-electron chi connectivity index (χ0n) is 13.8. The van der Waals surface area contributed by atoms with Gasteiger partial charge in [0.25, 0.3) is 5.91 Å². The fraction of sp³-hybridized carbons (Fsp3) is 0.389. The molecule has 2 aliphatic rings. The highest BCUT2D eigenvalue weighted by atomic mass is 32.1. The second-order valence-electron chi connectivity index (χ2n) is 6.44. The Morgan fingerprint density at radius 1 is 1.38 bits per heavy atom. The number of phenolic OH excluding ortho intramolecular Hbond substituents is 1. The molecule has 1 atom stereocenters. The van der Waals surface area contributed by atoms with Gasteiger partial charge in [-0.3, -0.25) is 9.69 Å². The van der Waals surface area contributed by atoms with E-state index in [4.69, 9.17) is 0 Å². The van der Waals surface area contributed by atoms with Gasteiger partial charge < -0.3 is 15.7 Å². The Hall–Kier alpha value is -2.05. The van der Waals surface area contributed by atoms with Gasteiger partial charge in [-0.25, -0.2) is 0 Å². The monoisotopic (exact) mass is 343 g/mol. The number of nitrogens with zero attached hydrogens (tertiary/aromatic N) is 1. The minimum Gasteiger partial charge on any atom is -0.508 e. The molecule has 0 fully saturated rings. The number of fused-ring (bicyclic) bond motifs is 3. The Kier molecular flexibility index (Phi) is 3.73. The Morgan fingerprint density at radius 3 is 3.00 bits per heavy atom. The lowest BCUT2D eigenvalue weighted by molar-refractivity contribution is 0.0934. The molecule has 24 heavy (non-hydrogen) atoms. The van der Waals surface area contributed by atoms with Gasteiger partial charge in [-0.1, -0.05) is 18.6 Å². The summed E-state index contributed by atoms with van der Waals surface area (Å²) in [6.45, 7) is 7.09. The third-order valence-corrected chi connectivity index (χ3v) is 6.00. The van der Waals surface area contributed by atoms with Crippen molar-refractivity contribution in [3.05, 3.63) is 45.3 Å². The number of likely N-dealkylation sites (N-methyl/N-ethyl adjacent to an activating group) is 1. The van der Waals surface area contributed by atoms with Crippen molar-refractivity contribution in [1.82, 2.24) is 10.2 Å². The van der Waals surface area contributed by atoms with Crippen LogP contribution in [0.4, 0.5) is 5.00 Å². The molecule has 3 heterocycles. The maximum Gasteiger partial charge on any atom is 0.256 e. The SMILES string of the molecule is CCN1CCc2c(sc3c2C(=O)N[C@@H](c2cc(C)ccc2O)N3)C1. The lowest BCUT2D eigenvalue weighted by atomic mass is 10.00. The topological polar surface area (TPSA) is 64.6 Å². The van der Waals surface area contributed by atoms with Crippen LogP contribution in [0, 0.1) is 6.92 Å². The summed E-state index contributed by atoms with van der Waals surface area (Å²) in [7, 11) is 0. The van der Waals surface area contributed by atoms with Gasteiger partial charge in [0.1, 0.15) is 16.9 Å². The number of hydrogen-bond donors (Lipinski definition) is 3. The van der Waals surface area contributed by atoms with Crippen LogP contribution in [0.5, 0.6) is 5.75 Å². The molecule has 0 unspecified atom stereocenters. The van der Waals surface area contributed by atoms with E-state index in [1.54, 1.807) is 17.4 Å². The van der Waals surface area contributed by atoms with Crippen molar-refractivity contribution in [2.75, 3.05) is 18.4 Å². The van der Waals surface area contributed by atoms with Gasteiger partial charge in [0, 0.05) is 23.5 Å². The summed E-state index contributed by atoms with van der Waals surface area (Å²) in [6.07, 6.45) is 0.525. The average Bonchev–Trinajstić information content (AvgIpc) is 2.94. The van der Waals surface area contributed by atoms with Crippen molar-refractivity contribution in [3.8, 4) is 5.75 Å². The molecular formula is C18H21N3O2S. The van der Waals surface area contributed by atoms with Crippen molar-refractivity contribution in [3.63, 3.8) is 0 Å². The second kappa shape index (κ2) is 5.79. The highest BCUT2D eigenvalue weighted by Gasteiger charge is 2.33. The van der Waals surface area contributed by atoms with E-state index in [1.165, 1.54) is 10.4 Å². The number of aromatic hydroxyl groups is 1. The lowest BCUT2D eigenvalue weighted by Crippen LogP contribution is -2.39. The molecule has 0 aliphatic carbocycles. The van der Waals surface area contributed by atoms with Crippen LogP contribution in [-0.4, -0.2) is 29.0 Å². The predicted octanol–water partition coefficient (Wildman–Crippen LogP) is 2.99. The van der Waals surface area contributed by atoms with Gasteiger partial charge in [0.15, 0.2) is 0 Å². The summed E-state index contributed by atoms with van der Waals surface area (Å²) in [5, 5.41) is 17.5. The van der Waals surface area contributed by atoms with Gasteiger partial charge in [0.2, 0.25) is 0 Å². The van der Waals surface area contributed by atoms with Crippen LogP contribution in [0.25, 0.3) is 0 Å². The van der Waals surface area contributed by atoms with Crippen molar-refractivity contribution < 1.29 is 9.90 Å². The van der Waals surface area contributed by atoms with Gasteiger partial charge in [-0.05, 0) is 37.6 Å². The number of carbonyl (C=O) groups is 1. The van der Waals surface area contributed by atoms with E-state index in [0.29, 0.717) is 5.56 Å². The summed E-state index contributed by atoms with van der Waals surface area (Å²) in [6, 6.07) is 5.44.